The fourth-order valence-corrected chi connectivity index (χ4v) is 1.75. The largest absolute Gasteiger partial charge is 0.480 e. The van der Waals surface area contributed by atoms with E-state index < -0.39 is 11.5 Å². The second kappa shape index (κ2) is 6.34. The number of amides is 2. The van der Waals surface area contributed by atoms with Gasteiger partial charge in [-0.05, 0) is 19.3 Å². The molecule has 0 aromatic heterocycles. The summed E-state index contributed by atoms with van der Waals surface area (Å²) in [4.78, 5) is 33.0. The molecule has 1 rings (SSSR count). The maximum Gasteiger partial charge on any atom is 0.323 e. The lowest BCUT2D eigenvalue weighted by molar-refractivity contribution is -0.149. The molecule has 7 nitrogen and oxygen atoms in total. The van der Waals surface area contributed by atoms with Crippen LogP contribution in [0.15, 0.2) is 0 Å². The minimum Gasteiger partial charge on any atom is -0.480 e. The van der Waals surface area contributed by atoms with Crippen LogP contribution in [0.2, 0.25) is 0 Å². The molecule has 0 aliphatic heterocycles. The Bertz CT molecular complexity index is 339. The molecule has 7 heteroatoms. The molecule has 0 spiro atoms. The predicted octanol–water partition coefficient (Wildman–Crippen LogP) is -1.16. The molecule has 1 saturated carbocycles. The van der Waals surface area contributed by atoms with E-state index in [1.165, 1.54) is 6.92 Å². The van der Waals surface area contributed by atoms with Gasteiger partial charge in [0.2, 0.25) is 11.8 Å². The summed E-state index contributed by atoms with van der Waals surface area (Å²) in [6, 6.07) is 0. The van der Waals surface area contributed by atoms with E-state index in [4.69, 9.17) is 5.11 Å². The third kappa shape index (κ3) is 3.99. The number of rotatable bonds is 7. The zero-order valence-electron chi connectivity index (χ0n) is 10.4. The second-order valence-electron chi connectivity index (χ2n) is 4.43. The number of hydrogen-bond acceptors (Lipinski definition) is 4. The quantitative estimate of drug-likeness (QED) is 0.430. The van der Waals surface area contributed by atoms with Crippen LogP contribution in [-0.2, 0) is 14.4 Å². The summed E-state index contributed by atoms with van der Waals surface area (Å²) in [6.07, 6.45) is 1.98. The van der Waals surface area contributed by atoms with Crippen LogP contribution in [0.3, 0.4) is 0 Å². The first kappa shape index (κ1) is 14.4. The van der Waals surface area contributed by atoms with Crippen LogP contribution in [0.5, 0.6) is 0 Å². The van der Waals surface area contributed by atoms with E-state index in [9.17, 15) is 14.4 Å². The molecule has 18 heavy (non-hydrogen) atoms. The Morgan fingerprint density at radius 1 is 1.17 bits per heavy atom. The lowest BCUT2D eigenvalue weighted by atomic mass is 9.77. The summed E-state index contributed by atoms with van der Waals surface area (Å²) in [5.41, 5.74) is -0.922. The molecular formula is C11H19N3O4. The van der Waals surface area contributed by atoms with E-state index in [-0.39, 0.29) is 18.4 Å². The minimum atomic E-state index is -0.922. The lowest BCUT2D eigenvalue weighted by Gasteiger charge is -2.38. The lowest BCUT2D eigenvalue weighted by Crippen LogP contribution is -2.59. The number of carboxylic acid groups (broad SMARTS) is 1. The van der Waals surface area contributed by atoms with Gasteiger partial charge >= 0.3 is 5.97 Å². The van der Waals surface area contributed by atoms with Gasteiger partial charge in [0.05, 0.1) is 6.54 Å². The van der Waals surface area contributed by atoms with E-state index in [1.54, 1.807) is 0 Å². The number of hydrogen-bond donors (Lipinski definition) is 4. The van der Waals surface area contributed by atoms with Crippen molar-refractivity contribution in [3.8, 4) is 0 Å². The predicted molar refractivity (Wildman–Crippen MR) is 63.9 cm³/mol. The van der Waals surface area contributed by atoms with Crippen molar-refractivity contribution in [1.82, 2.24) is 16.0 Å². The van der Waals surface area contributed by atoms with Crippen molar-refractivity contribution >= 4 is 17.8 Å². The minimum absolute atomic E-state index is 0.0215. The Morgan fingerprint density at radius 2 is 1.78 bits per heavy atom. The summed E-state index contributed by atoms with van der Waals surface area (Å²) in [5.74, 6) is -1.32. The molecular weight excluding hydrogens is 238 g/mol. The van der Waals surface area contributed by atoms with Gasteiger partial charge < -0.3 is 15.7 Å². The summed E-state index contributed by atoms with van der Waals surface area (Å²) in [6.45, 7) is 2.08. The maximum atomic E-state index is 11.4. The fourth-order valence-electron chi connectivity index (χ4n) is 1.75. The van der Waals surface area contributed by atoms with Gasteiger partial charge in [0, 0.05) is 20.0 Å². The molecule has 0 bridgehead atoms. The molecule has 0 saturated heterocycles. The first-order valence-electron chi connectivity index (χ1n) is 5.96. The Hall–Kier alpha value is -1.63. The number of aliphatic carboxylic acids is 1. The first-order chi connectivity index (χ1) is 8.46. The number of carbonyl (C=O) groups is 3. The van der Waals surface area contributed by atoms with Crippen LogP contribution in [0.4, 0.5) is 0 Å². The molecule has 0 unspecified atom stereocenters. The summed E-state index contributed by atoms with van der Waals surface area (Å²) in [7, 11) is 0. The summed E-state index contributed by atoms with van der Waals surface area (Å²) in [5, 5.41) is 16.9. The van der Waals surface area contributed by atoms with E-state index in [1.807, 2.05) is 0 Å². The SMILES string of the molecule is CC(=O)NCCNC(=O)CNC1(C(=O)O)CCC1. The van der Waals surface area contributed by atoms with Gasteiger partial charge in [-0.15, -0.1) is 0 Å². The second-order valence-corrected chi connectivity index (χ2v) is 4.43. The molecule has 1 fully saturated rings. The highest BCUT2D eigenvalue weighted by Crippen LogP contribution is 2.31. The van der Waals surface area contributed by atoms with Gasteiger partial charge in [-0.3, -0.25) is 19.7 Å². The van der Waals surface area contributed by atoms with E-state index in [0.29, 0.717) is 25.9 Å². The highest BCUT2D eigenvalue weighted by molar-refractivity contribution is 5.83. The third-order valence-corrected chi connectivity index (χ3v) is 3.02. The van der Waals surface area contributed by atoms with Crippen molar-refractivity contribution in [2.75, 3.05) is 19.6 Å². The van der Waals surface area contributed by atoms with Crippen LogP contribution in [0.1, 0.15) is 26.2 Å². The normalized spacial score (nSPS) is 16.5. The molecule has 102 valence electrons. The Balaban J connectivity index is 2.17. The summed E-state index contributed by atoms with van der Waals surface area (Å²) >= 11 is 0. The van der Waals surface area contributed by atoms with Crippen LogP contribution >= 0.6 is 0 Å². The van der Waals surface area contributed by atoms with Crippen molar-refractivity contribution in [2.24, 2.45) is 0 Å². The maximum absolute atomic E-state index is 11.4. The molecule has 0 radical (unpaired) electrons. The van der Waals surface area contributed by atoms with Gasteiger partial charge in [0.15, 0.2) is 0 Å². The zero-order valence-corrected chi connectivity index (χ0v) is 10.4. The molecule has 1 aliphatic carbocycles. The fraction of sp³-hybridized carbons (Fsp3) is 0.727. The van der Waals surface area contributed by atoms with Gasteiger partial charge in [-0.2, -0.15) is 0 Å². The average molecular weight is 257 g/mol. The van der Waals surface area contributed by atoms with Crippen LogP contribution in [-0.4, -0.2) is 48.1 Å². The zero-order chi connectivity index (χ0) is 13.6. The van der Waals surface area contributed by atoms with E-state index in [0.717, 1.165) is 6.42 Å². The van der Waals surface area contributed by atoms with Gasteiger partial charge in [0.25, 0.3) is 0 Å². The van der Waals surface area contributed by atoms with E-state index in [2.05, 4.69) is 16.0 Å². The molecule has 0 aromatic carbocycles. The van der Waals surface area contributed by atoms with Crippen LogP contribution in [0, 0.1) is 0 Å². The van der Waals surface area contributed by atoms with Crippen molar-refractivity contribution < 1.29 is 19.5 Å². The molecule has 0 atom stereocenters. The standard InChI is InChI=1S/C11H19N3O4/c1-8(15)12-5-6-13-9(16)7-14-11(10(17)18)3-2-4-11/h14H,2-7H2,1H3,(H,12,15)(H,13,16)(H,17,18). The highest BCUT2D eigenvalue weighted by atomic mass is 16.4. The number of carboxylic acids is 1. The van der Waals surface area contributed by atoms with Gasteiger partial charge in [-0.25, -0.2) is 0 Å². The Kier molecular flexibility index (Phi) is 5.08. The molecule has 4 N–H and O–H groups in total. The van der Waals surface area contributed by atoms with Gasteiger partial charge in [0.1, 0.15) is 5.54 Å². The van der Waals surface area contributed by atoms with E-state index >= 15 is 0 Å². The Labute approximate surface area is 105 Å². The van der Waals surface area contributed by atoms with Gasteiger partial charge in [-0.1, -0.05) is 0 Å². The number of carbonyl (C=O) groups excluding carboxylic acids is 2. The Morgan fingerprint density at radius 3 is 2.22 bits per heavy atom. The first-order valence-corrected chi connectivity index (χ1v) is 5.96. The number of nitrogens with one attached hydrogen (secondary N) is 3. The molecule has 2 amide bonds. The highest BCUT2D eigenvalue weighted by Gasteiger charge is 2.44. The molecule has 0 heterocycles. The van der Waals surface area contributed by atoms with Crippen molar-refractivity contribution in [2.45, 2.75) is 31.7 Å². The van der Waals surface area contributed by atoms with Crippen molar-refractivity contribution in [3.05, 3.63) is 0 Å². The van der Waals surface area contributed by atoms with Crippen LogP contribution < -0.4 is 16.0 Å². The topological polar surface area (TPSA) is 108 Å². The smallest absolute Gasteiger partial charge is 0.323 e. The monoisotopic (exact) mass is 257 g/mol. The molecule has 1 aliphatic rings. The van der Waals surface area contributed by atoms with Crippen LogP contribution in [0.25, 0.3) is 0 Å². The average Bonchev–Trinajstić information content (AvgIpc) is 2.22. The van der Waals surface area contributed by atoms with Crippen molar-refractivity contribution in [3.63, 3.8) is 0 Å². The third-order valence-electron chi connectivity index (χ3n) is 3.02. The summed E-state index contributed by atoms with van der Waals surface area (Å²) < 4.78 is 0. The molecule has 0 aromatic rings. The van der Waals surface area contributed by atoms with Crippen molar-refractivity contribution in [1.29, 1.82) is 0 Å².